The van der Waals surface area contributed by atoms with E-state index >= 15 is 0 Å². The number of aromatic nitrogens is 5. The van der Waals surface area contributed by atoms with Crippen LogP contribution in [0.3, 0.4) is 0 Å². The molecule has 21 heavy (non-hydrogen) atoms. The van der Waals surface area contributed by atoms with E-state index in [1.54, 1.807) is 12.3 Å². The molecule has 0 amide bonds. The van der Waals surface area contributed by atoms with Gasteiger partial charge in [-0.25, -0.2) is 19.4 Å². The van der Waals surface area contributed by atoms with Crippen molar-refractivity contribution in [3.63, 3.8) is 0 Å². The van der Waals surface area contributed by atoms with Crippen molar-refractivity contribution in [1.82, 2.24) is 24.3 Å². The smallest absolute Gasteiger partial charge is 0.292 e. The van der Waals surface area contributed by atoms with Gasteiger partial charge in [-0.15, -0.1) is 0 Å². The van der Waals surface area contributed by atoms with Crippen LogP contribution in [-0.4, -0.2) is 24.3 Å². The summed E-state index contributed by atoms with van der Waals surface area (Å²) in [5, 5.41) is 4.40. The molecule has 0 spiro atoms. The van der Waals surface area contributed by atoms with Crippen LogP contribution < -0.4 is 5.69 Å². The summed E-state index contributed by atoms with van der Waals surface area (Å²) < 4.78 is 3.34. The number of aryl methyl sites for hydroxylation is 1. The van der Waals surface area contributed by atoms with E-state index in [9.17, 15) is 4.79 Å². The maximum atomic E-state index is 11.7. The summed E-state index contributed by atoms with van der Waals surface area (Å²) in [6.07, 6.45) is 3.19. The van der Waals surface area contributed by atoms with Crippen molar-refractivity contribution in [2.24, 2.45) is 0 Å². The van der Waals surface area contributed by atoms with Crippen LogP contribution in [0.25, 0.3) is 0 Å². The van der Waals surface area contributed by atoms with Gasteiger partial charge in [0.1, 0.15) is 11.6 Å². The molecule has 3 rings (SSSR count). The first-order chi connectivity index (χ1) is 10.2. The second-order valence-electron chi connectivity index (χ2n) is 4.75. The Labute approximate surface area is 121 Å². The van der Waals surface area contributed by atoms with Crippen LogP contribution in [0.15, 0.2) is 53.6 Å². The molecule has 0 saturated heterocycles. The van der Waals surface area contributed by atoms with Gasteiger partial charge < -0.3 is 0 Å². The Bertz CT molecular complexity index is 791. The Hall–Kier alpha value is -2.76. The summed E-state index contributed by atoms with van der Waals surface area (Å²) in [6.45, 7) is 2.84. The van der Waals surface area contributed by atoms with Crippen molar-refractivity contribution in [2.75, 3.05) is 0 Å². The number of nitrogens with zero attached hydrogens (tertiary/aromatic N) is 5. The molecule has 1 aromatic carbocycles. The summed E-state index contributed by atoms with van der Waals surface area (Å²) >= 11 is 0. The minimum atomic E-state index is -0.288. The fourth-order valence-corrected chi connectivity index (χ4v) is 2.16. The maximum absolute atomic E-state index is 11.7. The summed E-state index contributed by atoms with van der Waals surface area (Å²) in [6, 6.07) is 11.8. The van der Waals surface area contributed by atoms with Crippen LogP contribution in [0.5, 0.6) is 0 Å². The molecule has 0 bridgehead atoms. The zero-order chi connectivity index (χ0) is 14.7. The predicted octanol–water partition coefficient (Wildman–Crippen LogP) is 1.24. The molecule has 2 aromatic heterocycles. The topological polar surface area (TPSA) is 65.6 Å². The van der Waals surface area contributed by atoms with E-state index in [1.165, 1.54) is 10.8 Å². The normalized spacial score (nSPS) is 10.7. The molecular weight excluding hydrogens is 266 g/mol. The molecule has 2 heterocycles. The zero-order valence-electron chi connectivity index (χ0n) is 11.7. The first-order valence-corrected chi connectivity index (χ1v) is 6.68. The van der Waals surface area contributed by atoms with E-state index in [0.29, 0.717) is 18.9 Å². The van der Waals surface area contributed by atoms with Crippen LogP contribution in [0.4, 0.5) is 0 Å². The van der Waals surface area contributed by atoms with Gasteiger partial charge in [0.25, 0.3) is 0 Å². The molecule has 0 fully saturated rings. The van der Waals surface area contributed by atoms with E-state index in [-0.39, 0.29) is 5.69 Å². The number of rotatable bonds is 4. The highest BCUT2D eigenvalue weighted by Crippen LogP contribution is 2.06. The predicted molar refractivity (Wildman–Crippen MR) is 77.9 cm³/mol. The third kappa shape index (κ3) is 3.05. The van der Waals surface area contributed by atoms with Gasteiger partial charge in [0.15, 0.2) is 0 Å². The van der Waals surface area contributed by atoms with Gasteiger partial charge in [-0.3, -0.25) is 4.57 Å². The monoisotopic (exact) mass is 281 g/mol. The molecular formula is C15H15N5O. The van der Waals surface area contributed by atoms with Crippen molar-refractivity contribution in [2.45, 2.75) is 20.0 Å². The summed E-state index contributed by atoms with van der Waals surface area (Å²) in [5.74, 6) is 1.43. The highest BCUT2D eigenvalue weighted by Gasteiger charge is 2.09. The largest absolute Gasteiger partial charge is 0.347 e. The van der Waals surface area contributed by atoms with E-state index in [2.05, 4.69) is 15.1 Å². The number of benzene rings is 1. The van der Waals surface area contributed by atoms with Crippen LogP contribution >= 0.6 is 0 Å². The Balaban J connectivity index is 1.90. The highest BCUT2D eigenvalue weighted by molar-refractivity contribution is 5.15. The highest BCUT2D eigenvalue weighted by atomic mass is 16.1. The fraction of sp³-hybridized carbons (Fsp3) is 0.200. The number of hydrogen-bond donors (Lipinski definition) is 0. The third-order valence-corrected chi connectivity index (χ3v) is 3.12. The average Bonchev–Trinajstić information content (AvgIpc) is 2.82. The second kappa shape index (κ2) is 5.70. The van der Waals surface area contributed by atoms with Crippen LogP contribution in [0.1, 0.15) is 17.2 Å². The minimum Gasteiger partial charge on any atom is -0.292 e. The van der Waals surface area contributed by atoms with Crippen LogP contribution in [0.2, 0.25) is 0 Å². The summed E-state index contributed by atoms with van der Waals surface area (Å²) in [4.78, 5) is 19.8. The lowest BCUT2D eigenvalue weighted by molar-refractivity contribution is 0.594. The molecule has 0 aliphatic heterocycles. The van der Waals surface area contributed by atoms with E-state index in [0.717, 1.165) is 11.4 Å². The first kappa shape index (κ1) is 13.2. The van der Waals surface area contributed by atoms with Crippen molar-refractivity contribution in [1.29, 1.82) is 0 Å². The Morgan fingerprint density at radius 1 is 1.10 bits per heavy atom. The van der Waals surface area contributed by atoms with Crippen molar-refractivity contribution in [3.8, 4) is 0 Å². The minimum absolute atomic E-state index is 0.288. The maximum Gasteiger partial charge on any atom is 0.347 e. The van der Waals surface area contributed by atoms with Gasteiger partial charge in [-0.1, -0.05) is 30.3 Å². The molecule has 0 aliphatic rings. The molecule has 0 aliphatic carbocycles. The van der Waals surface area contributed by atoms with E-state index in [1.807, 2.05) is 41.9 Å². The lowest BCUT2D eigenvalue weighted by Gasteiger charge is -2.07. The molecule has 3 aromatic rings. The van der Waals surface area contributed by atoms with E-state index in [4.69, 9.17) is 0 Å². The summed E-state index contributed by atoms with van der Waals surface area (Å²) in [7, 11) is 0. The molecule has 0 atom stereocenters. The molecule has 106 valence electrons. The van der Waals surface area contributed by atoms with Crippen molar-refractivity contribution in [3.05, 3.63) is 76.5 Å². The number of hydrogen-bond acceptors (Lipinski definition) is 4. The fourth-order valence-electron chi connectivity index (χ4n) is 2.16. The van der Waals surface area contributed by atoms with Crippen LogP contribution in [-0.2, 0) is 13.1 Å². The van der Waals surface area contributed by atoms with Gasteiger partial charge in [-0.05, 0) is 18.6 Å². The first-order valence-electron chi connectivity index (χ1n) is 6.68. The molecule has 6 nitrogen and oxygen atoms in total. The molecule has 6 heteroatoms. The van der Waals surface area contributed by atoms with Gasteiger partial charge in [0.05, 0.1) is 13.1 Å². The summed E-state index contributed by atoms with van der Waals surface area (Å²) in [5.41, 5.74) is 0.853. The average molecular weight is 281 g/mol. The van der Waals surface area contributed by atoms with Crippen LogP contribution in [0, 0.1) is 6.92 Å². The standard InChI is InChI=1S/C15H15N5O/c1-12-17-14(11-19-9-5-8-16-15(19)21)20(18-12)10-13-6-3-2-4-7-13/h2-9H,10-11H2,1H3. The molecule has 0 N–H and O–H groups in total. The van der Waals surface area contributed by atoms with Crippen molar-refractivity contribution < 1.29 is 0 Å². The van der Waals surface area contributed by atoms with Gasteiger partial charge in [0.2, 0.25) is 0 Å². The van der Waals surface area contributed by atoms with Gasteiger partial charge >= 0.3 is 5.69 Å². The van der Waals surface area contributed by atoms with Gasteiger partial charge in [0, 0.05) is 12.4 Å². The van der Waals surface area contributed by atoms with Gasteiger partial charge in [-0.2, -0.15) is 5.10 Å². The Kier molecular flexibility index (Phi) is 3.59. The lowest BCUT2D eigenvalue weighted by Crippen LogP contribution is -2.23. The molecule has 0 saturated carbocycles. The molecule has 0 radical (unpaired) electrons. The Morgan fingerprint density at radius 3 is 2.67 bits per heavy atom. The van der Waals surface area contributed by atoms with Crippen molar-refractivity contribution >= 4 is 0 Å². The van der Waals surface area contributed by atoms with E-state index < -0.39 is 0 Å². The molecule has 0 unspecified atom stereocenters. The SMILES string of the molecule is Cc1nc(Cn2cccnc2=O)n(Cc2ccccc2)n1. The quantitative estimate of drug-likeness (QED) is 0.721. The third-order valence-electron chi connectivity index (χ3n) is 3.12. The Morgan fingerprint density at radius 2 is 1.90 bits per heavy atom. The lowest BCUT2D eigenvalue weighted by atomic mass is 10.2. The second-order valence-corrected chi connectivity index (χ2v) is 4.75. The zero-order valence-corrected chi connectivity index (χ0v) is 11.7.